The normalized spacial score (nSPS) is 11.6. The van der Waals surface area contributed by atoms with Crippen molar-refractivity contribution in [3.05, 3.63) is 28.2 Å². The van der Waals surface area contributed by atoms with Gasteiger partial charge in [-0.25, -0.2) is 17.2 Å². The Bertz CT molecular complexity index is 565. The van der Waals surface area contributed by atoms with Crippen LogP contribution in [0.25, 0.3) is 0 Å². The molecule has 0 aliphatic rings. The smallest absolute Gasteiger partial charge is 0.262 e. The molecule has 18 heavy (non-hydrogen) atoms. The van der Waals surface area contributed by atoms with Gasteiger partial charge in [0.2, 0.25) is 0 Å². The van der Waals surface area contributed by atoms with Crippen LogP contribution in [0.5, 0.6) is 0 Å². The van der Waals surface area contributed by atoms with Gasteiger partial charge in [-0.3, -0.25) is 4.79 Å². The molecule has 0 radical (unpaired) electrons. The summed E-state index contributed by atoms with van der Waals surface area (Å²) in [6, 6.07) is 3.59. The first-order valence-corrected chi connectivity index (χ1v) is 7.62. The number of amides is 1. The molecule has 9 heteroatoms. The highest BCUT2D eigenvalue weighted by Gasteiger charge is 2.17. The van der Waals surface area contributed by atoms with Crippen molar-refractivity contribution in [3.63, 3.8) is 0 Å². The molecule has 1 rings (SSSR count). The van der Waals surface area contributed by atoms with Crippen molar-refractivity contribution in [3.8, 4) is 0 Å². The van der Waals surface area contributed by atoms with E-state index in [2.05, 4.69) is 15.9 Å². The molecule has 1 aromatic rings. The van der Waals surface area contributed by atoms with Crippen molar-refractivity contribution in [1.29, 1.82) is 0 Å². The van der Waals surface area contributed by atoms with Gasteiger partial charge in [0.05, 0.1) is 11.4 Å². The molecule has 100 valence electrons. The summed E-state index contributed by atoms with van der Waals surface area (Å²) in [7, 11) is 1.13. The van der Waals surface area contributed by atoms with Crippen molar-refractivity contribution in [1.82, 2.24) is 5.32 Å². The molecule has 1 aromatic carbocycles. The van der Waals surface area contributed by atoms with E-state index in [0.29, 0.717) is 0 Å². The Balaban J connectivity index is 3.02. The quantitative estimate of drug-likeness (QED) is 0.837. The first-order valence-electron chi connectivity index (χ1n) is 4.52. The third kappa shape index (κ3) is 4.18. The minimum Gasteiger partial charge on any atom is -0.346 e. The van der Waals surface area contributed by atoms with Crippen LogP contribution in [0, 0.1) is 0 Å². The van der Waals surface area contributed by atoms with Crippen LogP contribution in [0.2, 0.25) is 0 Å². The molecule has 0 fully saturated rings. The second-order valence-electron chi connectivity index (χ2n) is 3.18. The predicted molar refractivity (Wildman–Crippen MR) is 65.5 cm³/mol. The molecule has 4 nitrogen and oxygen atoms in total. The molecule has 0 saturated carbocycles. The number of hydrogen-bond acceptors (Lipinski definition) is 3. The number of benzene rings is 1. The largest absolute Gasteiger partial charge is 0.346 e. The maximum Gasteiger partial charge on any atom is 0.262 e. The maximum absolute atomic E-state index is 11.9. The van der Waals surface area contributed by atoms with Gasteiger partial charge in [-0.2, -0.15) is 0 Å². The van der Waals surface area contributed by atoms with Crippen LogP contribution in [-0.4, -0.2) is 27.3 Å². The van der Waals surface area contributed by atoms with Crippen LogP contribution in [0.3, 0.4) is 0 Å². The summed E-state index contributed by atoms with van der Waals surface area (Å²) < 4.78 is 46.3. The van der Waals surface area contributed by atoms with Crippen molar-refractivity contribution in [2.24, 2.45) is 0 Å². The van der Waals surface area contributed by atoms with Gasteiger partial charge in [-0.05, 0) is 34.1 Å². The number of carbonyl (C=O) groups excluding carboxylic acids is 1. The highest BCUT2D eigenvalue weighted by Crippen LogP contribution is 2.26. The van der Waals surface area contributed by atoms with Gasteiger partial charge in [-0.1, -0.05) is 0 Å². The Morgan fingerprint density at radius 3 is 2.56 bits per heavy atom. The van der Waals surface area contributed by atoms with Gasteiger partial charge >= 0.3 is 0 Å². The number of carbonyl (C=O) groups is 1. The summed E-state index contributed by atoms with van der Waals surface area (Å²) in [5, 5.41) is 1.95. The average molecular weight is 363 g/mol. The first kappa shape index (κ1) is 15.3. The molecule has 1 N–H and O–H groups in total. The fraction of sp³-hybridized carbons (Fsp3) is 0.222. The zero-order chi connectivity index (χ0) is 13.9. The van der Waals surface area contributed by atoms with E-state index in [4.69, 9.17) is 10.7 Å². The fourth-order valence-corrected chi connectivity index (χ4v) is 3.22. The van der Waals surface area contributed by atoms with Gasteiger partial charge < -0.3 is 5.32 Å². The van der Waals surface area contributed by atoms with Crippen LogP contribution in [0.1, 0.15) is 10.4 Å². The Hall–Kier alpha value is -0.730. The maximum atomic E-state index is 11.9. The summed E-state index contributed by atoms with van der Waals surface area (Å²) >= 11 is 2.96. The standard InChI is InChI=1S/C9H7BrClF2NO3S/c10-6-2-1-5(3-7(6)18(11,16)17)9(15)14-4-8(12)13/h1-3,8H,4H2,(H,14,15). The molecule has 0 heterocycles. The molecular weight excluding hydrogens is 356 g/mol. The van der Waals surface area contributed by atoms with Crippen LogP contribution in [0.4, 0.5) is 8.78 Å². The van der Waals surface area contributed by atoms with Gasteiger partial charge in [0.25, 0.3) is 21.4 Å². The highest BCUT2D eigenvalue weighted by molar-refractivity contribution is 9.10. The minimum atomic E-state index is -4.02. The van der Waals surface area contributed by atoms with Crippen LogP contribution >= 0.6 is 26.6 Å². The lowest BCUT2D eigenvalue weighted by Crippen LogP contribution is -2.28. The zero-order valence-electron chi connectivity index (χ0n) is 8.66. The van der Waals surface area contributed by atoms with Crippen LogP contribution in [0.15, 0.2) is 27.6 Å². The lowest BCUT2D eigenvalue weighted by atomic mass is 10.2. The van der Waals surface area contributed by atoms with E-state index in [-0.39, 0.29) is 14.9 Å². The fourth-order valence-electron chi connectivity index (χ4n) is 1.10. The topological polar surface area (TPSA) is 63.2 Å². The molecule has 0 aliphatic carbocycles. The van der Waals surface area contributed by atoms with Crippen molar-refractivity contribution in [2.45, 2.75) is 11.3 Å². The number of rotatable bonds is 4. The molecule has 0 aliphatic heterocycles. The first-order chi connectivity index (χ1) is 8.21. The lowest BCUT2D eigenvalue weighted by molar-refractivity contribution is 0.0891. The SMILES string of the molecule is O=C(NCC(F)F)c1ccc(Br)c(S(=O)(=O)Cl)c1. The Morgan fingerprint density at radius 1 is 1.44 bits per heavy atom. The van der Waals surface area contributed by atoms with Crippen molar-refractivity contribution in [2.75, 3.05) is 6.54 Å². The number of nitrogens with one attached hydrogen (secondary N) is 1. The monoisotopic (exact) mass is 361 g/mol. The van der Waals surface area contributed by atoms with E-state index >= 15 is 0 Å². The summed E-state index contributed by atoms with van der Waals surface area (Å²) in [5.41, 5.74) is -0.0712. The molecule has 0 saturated heterocycles. The molecule has 0 aromatic heterocycles. The molecule has 0 bridgehead atoms. The number of alkyl halides is 2. The summed E-state index contributed by atoms with van der Waals surface area (Å²) in [6.45, 7) is -0.808. The molecular formula is C9H7BrClF2NO3S. The predicted octanol–water partition coefficient (Wildman–Crippen LogP) is 2.37. The Labute approximate surface area is 115 Å². The van der Waals surface area contributed by atoms with E-state index in [0.717, 1.165) is 6.07 Å². The van der Waals surface area contributed by atoms with E-state index in [9.17, 15) is 22.0 Å². The molecule has 0 atom stereocenters. The molecule has 0 spiro atoms. The summed E-state index contributed by atoms with van der Waals surface area (Å²) in [4.78, 5) is 11.1. The highest BCUT2D eigenvalue weighted by atomic mass is 79.9. The molecule has 0 unspecified atom stereocenters. The van der Waals surface area contributed by atoms with E-state index in [1.807, 2.05) is 5.32 Å². The van der Waals surface area contributed by atoms with Gasteiger partial charge in [0.1, 0.15) is 0 Å². The van der Waals surface area contributed by atoms with Crippen molar-refractivity contribution >= 4 is 41.6 Å². The van der Waals surface area contributed by atoms with Crippen LogP contribution < -0.4 is 5.32 Å². The third-order valence-corrected chi connectivity index (χ3v) is 4.19. The Kier molecular flexibility index (Phi) is 5.06. The van der Waals surface area contributed by atoms with E-state index in [1.165, 1.54) is 12.1 Å². The summed E-state index contributed by atoms with van der Waals surface area (Å²) in [6.07, 6.45) is -2.68. The average Bonchev–Trinajstić information content (AvgIpc) is 2.24. The zero-order valence-corrected chi connectivity index (χ0v) is 11.8. The second kappa shape index (κ2) is 5.94. The third-order valence-electron chi connectivity index (χ3n) is 1.87. The van der Waals surface area contributed by atoms with Gasteiger partial charge in [0.15, 0.2) is 0 Å². The second-order valence-corrected chi connectivity index (χ2v) is 6.57. The van der Waals surface area contributed by atoms with Gasteiger partial charge in [0, 0.05) is 20.7 Å². The summed E-state index contributed by atoms with van der Waals surface area (Å²) in [5.74, 6) is -0.802. The lowest BCUT2D eigenvalue weighted by Gasteiger charge is -2.06. The Morgan fingerprint density at radius 2 is 2.06 bits per heavy atom. The van der Waals surface area contributed by atoms with E-state index < -0.39 is 27.9 Å². The minimum absolute atomic E-state index is 0.0712. The van der Waals surface area contributed by atoms with E-state index in [1.54, 1.807) is 0 Å². The number of halogens is 4. The number of hydrogen-bond donors (Lipinski definition) is 1. The molecule has 1 amide bonds. The van der Waals surface area contributed by atoms with Crippen LogP contribution in [-0.2, 0) is 9.05 Å². The van der Waals surface area contributed by atoms with Crippen molar-refractivity contribution < 1.29 is 22.0 Å². The van der Waals surface area contributed by atoms with Gasteiger partial charge in [-0.15, -0.1) is 0 Å².